The Morgan fingerprint density at radius 2 is 1.89 bits per heavy atom. The molecule has 3 aromatic rings. The average Bonchev–Trinajstić information content (AvgIpc) is 3.16. The maximum Gasteiger partial charge on any atom is 0.274 e. The molecule has 3 N–H and O–H groups in total. The number of nitrogen functional groups attached to an aromatic ring is 1. The van der Waals surface area contributed by atoms with Gasteiger partial charge < -0.3 is 15.8 Å². The quantitative estimate of drug-likeness (QED) is 0.517. The lowest BCUT2D eigenvalue weighted by molar-refractivity contribution is 0.0443. The van der Waals surface area contributed by atoms with Gasteiger partial charge in [0.25, 0.3) is 5.91 Å². The van der Waals surface area contributed by atoms with Crippen LogP contribution in [0.25, 0.3) is 16.9 Å². The number of benzene rings is 2. The van der Waals surface area contributed by atoms with Gasteiger partial charge in [0.2, 0.25) is 0 Å². The van der Waals surface area contributed by atoms with Gasteiger partial charge in [-0.3, -0.25) is 9.69 Å². The van der Waals surface area contributed by atoms with Gasteiger partial charge in [0.1, 0.15) is 11.5 Å². The first-order valence-electron chi connectivity index (χ1n) is 11.7. The molecule has 0 atom stereocenters. The molecule has 1 saturated heterocycles. The van der Waals surface area contributed by atoms with Crippen molar-refractivity contribution in [3.8, 4) is 28.8 Å². The van der Waals surface area contributed by atoms with E-state index in [0.717, 1.165) is 13.1 Å². The molecule has 1 aliphatic rings. The summed E-state index contributed by atoms with van der Waals surface area (Å²) in [5, 5.41) is 7.83. The van der Waals surface area contributed by atoms with Crippen LogP contribution in [0.15, 0.2) is 42.5 Å². The normalized spacial score (nSPS) is 14.2. The number of rotatable bonds is 4. The molecule has 188 valence electrons. The highest BCUT2D eigenvalue weighted by Crippen LogP contribution is 2.33. The van der Waals surface area contributed by atoms with Gasteiger partial charge in [-0.1, -0.05) is 35.6 Å². The van der Waals surface area contributed by atoms with Crippen molar-refractivity contribution in [1.82, 2.24) is 20.0 Å². The Morgan fingerprint density at radius 3 is 2.53 bits per heavy atom. The van der Waals surface area contributed by atoms with Gasteiger partial charge in [-0.25, -0.2) is 9.07 Å². The zero-order chi connectivity index (χ0) is 25.9. The summed E-state index contributed by atoms with van der Waals surface area (Å²) in [5.41, 5.74) is 7.82. The monoisotopic (exact) mass is 509 g/mol. The van der Waals surface area contributed by atoms with E-state index >= 15 is 4.39 Å². The second kappa shape index (κ2) is 10.7. The van der Waals surface area contributed by atoms with Crippen LogP contribution in [0.3, 0.4) is 0 Å². The molecular weight excluding hydrogens is 481 g/mol. The number of nitrogens with two attached hydrogens (primary N) is 1. The van der Waals surface area contributed by atoms with Gasteiger partial charge in [0.05, 0.1) is 31.1 Å². The number of morpholine rings is 1. The molecule has 2 aromatic carbocycles. The number of nitrogens with zero attached hydrogens (tertiary/aromatic N) is 3. The molecule has 0 saturated carbocycles. The number of hydrogen-bond donors (Lipinski definition) is 2. The molecule has 0 spiro atoms. The van der Waals surface area contributed by atoms with Crippen molar-refractivity contribution in [1.29, 1.82) is 0 Å². The van der Waals surface area contributed by atoms with Crippen LogP contribution in [0.1, 0.15) is 36.8 Å². The summed E-state index contributed by atoms with van der Waals surface area (Å²) in [6.07, 6.45) is 0. The van der Waals surface area contributed by atoms with Crippen LogP contribution in [0.5, 0.6) is 0 Å². The molecule has 7 nitrogen and oxygen atoms in total. The van der Waals surface area contributed by atoms with Crippen molar-refractivity contribution in [2.45, 2.75) is 26.3 Å². The topological polar surface area (TPSA) is 85.4 Å². The van der Waals surface area contributed by atoms with Crippen LogP contribution in [0.2, 0.25) is 5.02 Å². The van der Waals surface area contributed by atoms with E-state index in [2.05, 4.69) is 27.2 Å². The Hall–Kier alpha value is -3.38. The highest BCUT2D eigenvalue weighted by atomic mass is 35.5. The molecule has 4 rings (SSSR count). The first-order chi connectivity index (χ1) is 17.1. The zero-order valence-corrected chi connectivity index (χ0v) is 21.3. The molecule has 36 heavy (non-hydrogen) atoms. The number of carbonyl (C=O) groups excluding carboxylic acids is 1. The molecule has 0 bridgehead atoms. The summed E-state index contributed by atoms with van der Waals surface area (Å²) in [4.78, 5) is 15.1. The maximum atomic E-state index is 15.4. The van der Waals surface area contributed by atoms with Crippen molar-refractivity contribution < 1.29 is 13.9 Å². The standard InChI is InChI=1S/C27H29ClFN5O2/c1-27(2,3)31-26(35)24-23(30)25(19-7-9-20(28)10-8-19)34(32-24)22-11-6-18(17-21(22)29)5-4-12-33-13-15-36-16-14-33/h6-11,17H,12-16,30H2,1-3H3,(H,31,35). The number of amides is 1. The van der Waals surface area contributed by atoms with E-state index in [4.69, 9.17) is 22.1 Å². The number of aromatic nitrogens is 2. The first-order valence-corrected chi connectivity index (χ1v) is 12.1. The number of nitrogens with one attached hydrogen (secondary N) is 1. The fourth-order valence-corrected chi connectivity index (χ4v) is 3.95. The molecule has 0 unspecified atom stereocenters. The molecule has 1 aliphatic heterocycles. The molecule has 0 aliphatic carbocycles. The second-order valence-corrected chi connectivity index (χ2v) is 10.0. The third-order valence-corrected chi connectivity index (χ3v) is 5.81. The summed E-state index contributed by atoms with van der Waals surface area (Å²) in [5.74, 6) is 5.14. The van der Waals surface area contributed by atoms with E-state index in [1.807, 2.05) is 20.8 Å². The largest absolute Gasteiger partial charge is 0.395 e. The summed E-state index contributed by atoms with van der Waals surface area (Å²) in [6.45, 7) is 9.23. The van der Waals surface area contributed by atoms with E-state index in [1.54, 1.807) is 36.4 Å². The van der Waals surface area contributed by atoms with Crippen molar-refractivity contribution in [2.75, 3.05) is 38.6 Å². The molecule has 0 radical (unpaired) electrons. The lowest BCUT2D eigenvalue weighted by Crippen LogP contribution is -2.41. The fraction of sp³-hybridized carbons (Fsp3) is 0.333. The Balaban J connectivity index is 1.70. The van der Waals surface area contributed by atoms with Crippen molar-refractivity contribution in [3.63, 3.8) is 0 Å². The van der Waals surface area contributed by atoms with E-state index in [-0.39, 0.29) is 17.1 Å². The Bertz CT molecular complexity index is 1310. The van der Waals surface area contributed by atoms with Gasteiger partial charge in [0.15, 0.2) is 5.69 Å². The Morgan fingerprint density at radius 1 is 1.19 bits per heavy atom. The third kappa shape index (κ3) is 6.05. The fourth-order valence-electron chi connectivity index (χ4n) is 3.83. The zero-order valence-electron chi connectivity index (χ0n) is 20.6. The van der Waals surface area contributed by atoms with E-state index in [0.29, 0.717) is 41.6 Å². The molecule has 1 aromatic heterocycles. The highest BCUT2D eigenvalue weighted by molar-refractivity contribution is 6.30. The smallest absolute Gasteiger partial charge is 0.274 e. The number of hydrogen-bond acceptors (Lipinski definition) is 5. The van der Waals surface area contributed by atoms with Crippen LogP contribution in [-0.2, 0) is 4.74 Å². The van der Waals surface area contributed by atoms with E-state index < -0.39 is 17.3 Å². The predicted octanol–water partition coefficient (Wildman–Crippen LogP) is 4.13. The van der Waals surface area contributed by atoms with Gasteiger partial charge in [-0.05, 0) is 51.1 Å². The summed E-state index contributed by atoms with van der Waals surface area (Å²) in [6, 6.07) is 11.6. The molecule has 1 amide bonds. The average molecular weight is 510 g/mol. The Labute approximate surface area is 215 Å². The molecule has 9 heteroatoms. The summed E-state index contributed by atoms with van der Waals surface area (Å²) >= 11 is 6.06. The van der Waals surface area contributed by atoms with E-state index in [1.165, 1.54) is 10.7 Å². The van der Waals surface area contributed by atoms with Crippen LogP contribution in [0, 0.1) is 17.7 Å². The Kier molecular flexibility index (Phi) is 7.65. The minimum absolute atomic E-state index is 0.0173. The van der Waals surface area contributed by atoms with Gasteiger partial charge in [-0.15, -0.1) is 0 Å². The van der Waals surface area contributed by atoms with Crippen LogP contribution in [-0.4, -0.2) is 59.0 Å². The lowest BCUT2D eigenvalue weighted by atomic mass is 10.1. The van der Waals surface area contributed by atoms with Crippen molar-refractivity contribution >= 4 is 23.2 Å². The lowest BCUT2D eigenvalue weighted by Gasteiger charge is -2.24. The number of halogens is 2. The molecule has 2 heterocycles. The minimum atomic E-state index is -0.534. The number of carbonyl (C=O) groups is 1. The van der Waals surface area contributed by atoms with E-state index in [9.17, 15) is 4.79 Å². The van der Waals surface area contributed by atoms with Gasteiger partial charge >= 0.3 is 0 Å². The maximum absolute atomic E-state index is 15.4. The van der Waals surface area contributed by atoms with Gasteiger partial charge in [-0.2, -0.15) is 5.10 Å². The summed E-state index contributed by atoms with van der Waals surface area (Å²) < 4.78 is 22.1. The number of ether oxygens (including phenoxy) is 1. The second-order valence-electron chi connectivity index (χ2n) is 9.59. The van der Waals surface area contributed by atoms with Crippen LogP contribution < -0.4 is 11.1 Å². The molecule has 1 fully saturated rings. The predicted molar refractivity (Wildman–Crippen MR) is 140 cm³/mol. The van der Waals surface area contributed by atoms with Crippen LogP contribution >= 0.6 is 11.6 Å². The number of anilines is 1. The SMILES string of the molecule is CC(C)(C)NC(=O)c1nn(-c2ccc(C#CCN3CCOCC3)cc2F)c(-c2ccc(Cl)cc2)c1N. The summed E-state index contributed by atoms with van der Waals surface area (Å²) in [7, 11) is 0. The van der Waals surface area contributed by atoms with Crippen LogP contribution in [0.4, 0.5) is 10.1 Å². The van der Waals surface area contributed by atoms with Crippen molar-refractivity contribution in [2.24, 2.45) is 0 Å². The minimum Gasteiger partial charge on any atom is -0.395 e. The highest BCUT2D eigenvalue weighted by Gasteiger charge is 2.26. The third-order valence-electron chi connectivity index (χ3n) is 5.56. The van der Waals surface area contributed by atoms with Crippen molar-refractivity contribution in [3.05, 3.63) is 64.6 Å². The molecular formula is C27H29ClFN5O2. The first kappa shape index (κ1) is 25.7. The van der Waals surface area contributed by atoms with Gasteiger partial charge in [0, 0.05) is 34.8 Å².